The molecule has 146 valence electrons. The van der Waals surface area contributed by atoms with E-state index in [9.17, 15) is 0 Å². The van der Waals surface area contributed by atoms with Gasteiger partial charge in [0.05, 0.1) is 19.8 Å². The average Bonchev–Trinajstić information content (AvgIpc) is 2.70. The number of allylic oxidation sites excluding steroid dienone is 4. The van der Waals surface area contributed by atoms with Crippen molar-refractivity contribution in [3.63, 3.8) is 0 Å². The van der Waals surface area contributed by atoms with E-state index in [0.29, 0.717) is 0 Å². The van der Waals surface area contributed by atoms with Gasteiger partial charge in [-0.3, -0.25) is 4.90 Å². The van der Waals surface area contributed by atoms with Gasteiger partial charge in [0.1, 0.15) is 5.75 Å². The number of ether oxygens (including phenoxy) is 2. The number of morpholine rings is 1. The maximum absolute atomic E-state index is 6.04. The van der Waals surface area contributed by atoms with Crippen LogP contribution in [0.25, 0.3) is 6.08 Å². The van der Waals surface area contributed by atoms with Crippen molar-refractivity contribution < 1.29 is 9.47 Å². The molecule has 3 rings (SSSR count). The highest BCUT2D eigenvalue weighted by Gasteiger charge is 2.10. The molecule has 27 heavy (non-hydrogen) atoms. The lowest BCUT2D eigenvalue weighted by atomic mass is 10.1. The summed E-state index contributed by atoms with van der Waals surface area (Å²) < 4.78 is 11.4. The van der Waals surface area contributed by atoms with Crippen LogP contribution in [0.2, 0.25) is 0 Å². The zero-order valence-corrected chi connectivity index (χ0v) is 16.5. The van der Waals surface area contributed by atoms with Gasteiger partial charge in [-0.25, -0.2) is 0 Å². The number of benzene rings is 1. The summed E-state index contributed by atoms with van der Waals surface area (Å²) in [6, 6.07) is 6.40. The quantitative estimate of drug-likeness (QED) is 0.576. The third-order valence-corrected chi connectivity index (χ3v) is 4.97. The van der Waals surface area contributed by atoms with E-state index in [1.54, 1.807) is 0 Å². The average molecular weight is 369 g/mol. The van der Waals surface area contributed by atoms with Gasteiger partial charge in [-0.2, -0.15) is 0 Å². The van der Waals surface area contributed by atoms with Crippen LogP contribution >= 0.6 is 0 Å². The molecule has 0 aromatic heterocycles. The maximum atomic E-state index is 6.04. The second-order valence-electron chi connectivity index (χ2n) is 7.09. The van der Waals surface area contributed by atoms with E-state index in [-0.39, 0.29) is 0 Å². The summed E-state index contributed by atoms with van der Waals surface area (Å²) in [6.07, 6.45) is 16.4. The predicted octanol–water partition coefficient (Wildman–Crippen LogP) is 4.14. The van der Waals surface area contributed by atoms with Crippen molar-refractivity contribution in [2.45, 2.75) is 19.3 Å². The van der Waals surface area contributed by atoms with E-state index in [2.05, 4.69) is 71.5 Å². The first kappa shape index (κ1) is 19.7. The van der Waals surface area contributed by atoms with Gasteiger partial charge < -0.3 is 14.4 Å². The van der Waals surface area contributed by atoms with E-state index in [0.717, 1.165) is 71.0 Å². The van der Waals surface area contributed by atoms with Gasteiger partial charge in [0.2, 0.25) is 0 Å². The summed E-state index contributed by atoms with van der Waals surface area (Å²) in [5.41, 5.74) is 2.42. The smallest absolute Gasteiger partial charge is 0.121 e. The van der Waals surface area contributed by atoms with Crippen molar-refractivity contribution >= 4 is 11.8 Å². The largest absolute Gasteiger partial charge is 0.493 e. The molecule has 1 aromatic carbocycles. The maximum Gasteiger partial charge on any atom is 0.121 e. The van der Waals surface area contributed by atoms with Crippen LogP contribution < -0.4 is 9.64 Å². The van der Waals surface area contributed by atoms with E-state index in [1.807, 2.05) is 0 Å². The van der Waals surface area contributed by atoms with E-state index < -0.39 is 0 Å². The second-order valence-corrected chi connectivity index (χ2v) is 7.09. The second kappa shape index (κ2) is 11.0. The minimum Gasteiger partial charge on any atom is -0.493 e. The number of rotatable bonds is 5. The molecule has 0 bridgehead atoms. The van der Waals surface area contributed by atoms with Gasteiger partial charge in [-0.1, -0.05) is 36.5 Å². The summed E-state index contributed by atoms with van der Waals surface area (Å²) in [5, 5.41) is 0. The molecule has 0 N–H and O–H groups in total. The first-order valence-corrected chi connectivity index (χ1v) is 10.1. The molecule has 1 aromatic rings. The zero-order chi connectivity index (χ0) is 18.7. The van der Waals surface area contributed by atoms with Crippen molar-refractivity contribution in [2.75, 3.05) is 57.9 Å². The van der Waals surface area contributed by atoms with E-state index in [4.69, 9.17) is 9.47 Å². The van der Waals surface area contributed by atoms with E-state index >= 15 is 0 Å². The fourth-order valence-corrected chi connectivity index (χ4v) is 3.36. The Balaban J connectivity index is 1.60. The highest BCUT2D eigenvalue weighted by molar-refractivity contribution is 5.70. The Morgan fingerprint density at radius 3 is 2.78 bits per heavy atom. The molecule has 4 heteroatoms. The molecule has 0 amide bonds. The molecule has 4 nitrogen and oxygen atoms in total. The number of anilines is 1. The number of likely N-dealkylation sites (N-methyl/N-ethyl adjacent to an activating group) is 1. The third-order valence-electron chi connectivity index (χ3n) is 4.97. The SMILES string of the molecule is CN1C/C=C\CC/C=C/C=C/c2ccc(OCCCN3CCOCC3)cc21. The zero-order valence-electron chi connectivity index (χ0n) is 16.5. The fourth-order valence-electron chi connectivity index (χ4n) is 3.36. The van der Waals surface area contributed by atoms with E-state index in [1.165, 1.54) is 11.3 Å². The lowest BCUT2D eigenvalue weighted by Gasteiger charge is -2.26. The molecule has 0 saturated carbocycles. The Kier molecular flexibility index (Phi) is 8.00. The normalized spacial score (nSPS) is 22.2. The van der Waals surface area contributed by atoms with Crippen molar-refractivity contribution in [2.24, 2.45) is 0 Å². The first-order chi connectivity index (χ1) is 13.3. The highest BCUT2D eigenvalue weighted by atomic mass is 16.5. The molecule has 0 aliphatic carbocycles. The molecule has 1 fully saturated rings. The Morgan fingerprint density at radius 2 is 1.89 bits per heavy atom. The summed E-state index contributed by atoms with van der Waals surface area (Å²) in [7, 11) is 2.14. The van der Waals surface area contributed by atoms with Crippen LogP contribution in [0, 0.1) is 0 Å². The Bertz CT molecular complexity index is 660. The minimum absolute atomic E-state index is 0.748. The van der Waals surface area contributed by atoms with Crippen molar-refractivity contribution in [1.29, 1.82) is 0 Å². The number of fused-ring (bicyclic) bond motifs is 1. The van der Waals surface area contributed by atoms with Crippen molar-refractivity contribution in [3.05, 3.63) is 54.1 Å². The highest BCUT2D eigenvalue weighted by Crippen LogP contribution is 2.27. The molecule has 2 heterocycles. The van der Waals surface area contributed by atoms with Crippen LogP contribution in [-0.4, -0.2) is 57.9 Å². The van der Waals surface area contributed by atoms with Gasteiger partial charge in [-0.15, -0.1) is 0 Å². The topological polar surface area (TPSA) is 24.9 Å². The molecule has 0 unspecified atom stereocenters. The van der Waals surface area contributed by atoms with Gasteiger partial charge in [0.25, 0.3) is 0 Å². The molecule has 2 aliphatic rings. The molecular formula is C23H32N2O2. The van der Waals surface area contributed by atoms with Gasteiger partial charge in [0.15, 0.2) is 0 Å². The number of hydrogen-bond acceptors (Lipinski definition) is 4. The summed E-state index contributed by atoms with van der Waals surface area (Å²) in [5.74, 6) is 0.947. The van der Waals surface area contributed by atoms with Gasteiger partial charge in [0, 0.05) is 45.0 Å². The molecule has 0 radical (unpaired) electrons. The van der Waals surface area contributed by atoms with Crippen molar-refractivity contribution in [3.8, 4) is 5.75 Å². The van der Waals surface area contributed by atoms with Crippen LogP contribution in [0.1, 0.15) is 24.8 Å². The van der Waals surface area contributed by atoms with Crippen molar-refractivity contribution in [1.82, 2.24) is 4.90 Å². The third kappa shape index (κ3) is 6.56. The first-order valence-electron chi connectivity index (χ1n) is 10.1. The molecule has 0 spiro atoms. The molecule has 1 saturated heterocycles. The molecule has 2 aliphatic heterocycles. The van der Waals surface area contributed by atoms with Crippen LogP contribution in [0.3, 0.4) is 0 Å². The number of nitrogens with zero attached hydrogens (tertiary/aromatic N) is 2. The van der Waals surface area contributed by atoms with Crippen LogP contribution in [0.4, 0.5) is 5.69 Å². The predicted molar refractivity (Wildman–Crippen MR) is 114 cm³/mol. The lowest BCUT2D eigenvalue weighted by Crippen LogP contribution is -2.37. The standard InChI is InChI=1S/C23H32N2O2/c1-24-13-8-6-4-2-3-5-7-10-21-11-12-22(20-23(21)24)27-17-9-14-25-15-18-26-19-16-25/h3,5-8,10-12,20H,2,4,9,13-19H2,1H3/b5-3+,8-6-,10-7+. The van der Waals surface area contributed by atoms with Crippen LogP contribution in [0.5, 0.6) is 5.75 Å². The number of hydrogen-bond donors (Lipinski definition) is 0. The minimum atomic E-state index is 0.748. The van der Waals surface area contributed by atoms with Crippen LogP contribution in [0.15, 0.2) is 48.6 Å². The van der Waals surface area contributed by atoms with Gasteiger partial charge >= 0.3 is 0 Å². The lowest BCUT2D eigenvalue weighted by molar-refractivity contribution is 0.0358. The Morgan fingerprint density at radius 1 is 1.04 bits per heavy atom. The Hall–Kier alpha value is -2.04. The summed E-state index contributed by atoms with van der Waals surface area (Å²) in [4.78, 5) is 4.73. The molecular weight excluding hydrogens is 336 g/mol. The Labute approximate surface area is 163 Å². The molecule has 0 atom stereocenters. The van der Waals surface area contributed by atoms with Gasteiger partial charge in [-0.05, 0) is 37.0 Å². The fraction of sp³-hybridized carbons (Fsp3) is 0.478. The summed E-state index contributed by atoms with van der Waals surface area (Å²) in [6.45, 7) is 6.53. The van der Waals surface area contributed by atoms with Crippen LogP contribution in [-0.2, 0) is 4.74 Å². The summed E-state index contributed by atoms with van der Waals surface area (Å²) >= 11 is 0. The monoisotopic (exact) mass is 368 g/mol.